The molecule has 94 valence electrons. The smallest absolute Gasteiger partial charge is 0.225 e. The number of thioether (sulfide) groups is 1. The normalized spacial score (nSPS) is 10.4. The lowest BCUT2D eigenvalue weighted by atomic mass is 10.3. The summed E-state index contributed by atoms with van der Waals surface area (Å²) in [5.41, 5.74) is 5.65. The first-order valence-corrected chi connectivity index (χ1v) is 6.88. The van der Waals surface area contributed by atoms with E-state index in [1.807, 2.05) is 6.26 Å². The third kappa shape index (κ3) is 3.19. The van der Waals surface area contributed by atoms with Crippen molar-refractivity contribution in [2.75, 3.05) is 12.0 Å². The van der Waals surface area contributed by atoms with Crippen LogP contribution in [0.25, 0.3) is 0 Å². The standard InChI is InChI=1S/C11H9Cl2N3OS/c1-18-11-15-9(14)5-10(16-11)17-6-2-3-7(12)8(13)4-6/h2-5H,1H3,(H2,14,15,16). The molecule has 1 aromatic carbocycles. The van der Waals surface area contributed by atoms with Crippen molar-refractivity contribution in [2.24, 2.45) is 0 Å². The van der Waals surface area contributed by atoms with Crippen molar-refractivity contribution < 1.29 is 4.74 Å². The second kappa shape index (κ2) is 5.65. The van der Waals surface area contributed by atoms with Gasteiger partial charge in [-0.05, 0) is 18.4 Å². The van der Waals surface area contributed by atoms with E-state index in [2.05, 4.69) is 9.97 Å². The lowest BCUT2D eigenvalue weighted by Crippen LogP contribution is -1.97. The Kier molecular flexibility index (Phi) is 4.16. The van der Waals surface area contributed by atoms with Crippen LogP contribution in [0.4, 0.5) is 5.82 Å². The lowest BCUT2D eigenvalue weighted by molar-refractivity contribution is 0.456. The Labute approximate surface area is 118 Å². The molecule has 2 aromatic rings. The fourth-order valence-corrected chi connectivity index (χ4v) is 1.89. The number of aromatic nitrogens is 2. The molecule has 0 saturated carbocycles. The van der Waals surface area contributed by atoms with Crippen LogP contribution < -0.4 is 10.5 Å². The summed E-state index contributed by atoms with van der Waals surface area (Å²) in [6.45, 7) is 0. The average molecular weight is 302 g/mol. The number of rotatable bonds is 3. The molecule has 0 spiro atoms. The SMILES string of the molecule is CSc1nc(N)cc(Oc2ccc(Cl)c(Cl)c2)n1. The number of hydrogen-bond acceptors (Lipinski definition) is 5. The molecule has 1 heterocycles. The molecular formula is C11H9Cl2N3OS. The highest BCUT2D eigenvalue weighted by atomic mass is 35.5. The molecule has 2 N–H and O–H groups in total. The second-order valence-electron chi connectivity index (χ2n) is 3.30. The van der Waals surface area contributed by atoms with Crippen molar-refractivity contribution >= 4 is 40.8 Å². The van der Waals surface area contributed by atoms with Crippen molar-refractivity contribution in [1.29, 1.82) is 0 Å². The number of halogens is 2. The highest BCUT2D eigenvalue weighted by molar-refractivity contribution is 7.98. The zero-order chi connectivity index (χ0) is 13.1. The minimum Gasteiger partial charge on any atom is -0.439 e. The molecule has 0 radical (unpaired) electrons. The van der Waals surface area contributed by atoms with Crippen molar-refractivity contribution in [3.63, 3.8) is 0 Å². The largest absolute Gasteiger partial charge is 0.439 e. The fraction of sp³-hybridized carbons (Fsp3) is 0.0909. The van der Waals surface area contributed by atoms with Gasteiger partial charge in [0.25, 0.3) is 0 Å². The van der Waals surface area contributed by atoms with Gasteiger partial charge in [-0.25, -0.2) is 4.98 Å². The summed E-state index contributed by atoms with van der Waals surface area (Å²) in [4.78, 5) is 8.20. The van der Waals surface area contributed by atoms with E-state index in [9.17, 15) is 0 Å². The molecule has 0 fully saturated rings. The van der Waals surface area contributed by atoms with Crippen molar-refractivity contribution in [3.8, 4) is 11.6 Å². The molecule has 0 aliphatic rings. The number of anilines is 1. The van der Waals surface area contributed by atoms with E-state index < -0.39 is 0 Å². The number of hydrogen-bond donors (Lipinski definition) is 1. The Balaban J connectivity index is 2.27. The van der Waals surface area contributed by atoms with Crippen LogP contribution in [-0.4, -0.2) is 16.2 Å². The third-order valence-corrected chi connectivity index (χ3v) is 3.28. The summed E-state index contributed by atoms with van der Waals surface area (Å²) in [5.74, 6) is 1.25. The van der Waals surface area contributed by atoms with Gasteiger partial charge in [0.1, 0.15) is 11.6 Å². The topological polar surface area (TPSA) is 61.0 Å². The van der Waals surface area contributed by atoms with E-state index in [-0.39, 0.29) is 0 Å². The van der Waals surface area contributed by atoms with E-state index >= 15 is 0 Å². The molecular weight excluding hydrogens is 293 g/mol. The maximum absolute atomic E-state index is 5.90. The van der Waals surface area contributed by atoms with Crippen LogP contribution in [0.5, 0.6) is 11.6 Å². The predicted molar refractivity (Wildman–Crippen MR) is 74.8 cm³/mol. The first-order valence-electron chi connectivity index (χ1n) is 4.90. The highest BCUT2D eigenvalue weighted by Crippen LogP contribution is 2.29. The molecule has 7 heteroatoms. The quantitative estimate of drug-likeness (QED) is 0.688. The van der Waals surface area contributed by atoms with E-state index in [1.54, 1.807) is 24.3 Å². The molecule has 4 nitrogen and oxygen atoms in total. The molecule has 0 aliphatic carbocycles. The highest BCUT2D eigenvalue weighted by Gasteiger charge is 2.06. The van der Waals surface area contributed by atoms with Gasteiger partial charge in [0.05, 0.1) is 10.0 Å². The van der Waals surface area contributed by atoms with Crippen LogP contribution in [0, 0.1) is 0 Å². The molecule has 0 amide bonds. The van der Waals surface area contributed by atoms with E-state index in [4.69, 9.17) is 33.7 Å². The Bertz CT molecular complexity index is 580. The number of ether oxygens (including phenoxy) is 1. The van der Waals surface area contributed by atoms with Crippen LogP contribution in [0.1, 0.15) is 0 Å². The Hall–Kier alpha value is -1.17. The maximum atomic E-state index is 5.90. The van der Waals surface area contributed by atoms with Gasteiger partial charge in [0, 0.05) is 12.1 Å². The Morgan fingerprint density at radius 2 is 1.94 bits per heavy atom. The monoisotopic (exact) mass is 301 g/mol. The first kappa shape index (κ1) is 13.3. The summed E-state index contributed by atoms with van der Waals surface area (Å²) in [6, 6.07) is 6.51. The van der Waals surface area contributed by atoms with Crippen molar-refractivity contribution in [1.82, 2.24) is 9.97 Å². The number of nitrogen functional groups attached to an aromatic ring is 1. The van der Waals surface area contributed by atoms with Crippen molar-refractivity contribution in [2.45, 2.75) is 5.16 Å². The van der Waals surface area contributed by atoms with Crippen LogP contribution in [0.3, 0.4) is 0 Å². The van der Waals surface area contributed by atoms with E-state index in [0.29, 0.717) is 32.6 Å². The number of nitrogens with zero attached hydrogens (tertiary/aromatic N) is 2. The zero-order valence-electron chi connectivity index (χ0n) is 9.35. The van der Waals surface area contributed by atoms with Gasteiger partial charge in [-0.2, -0.15) is 4.98 Å². The minimum absolute atomic E-state index is 0.351. The van der Waals surface area contributed by atoms with Crippen LogP contribution in [0.2, 0.25) is 10.0 Å². The van der Waals surface area contributed by atoms with Gasteiger partial charge >= 0.3 is 0 Å². The van der Waals surface area contributed by atoms with Gasteiger partial charge < -0.3 is 10.5 Å². The van der Waals surface area contributed by atoms with Gasteiger partial charge in [-0.15, -0.1) is 0 Å². The molecule has 18 heavy (non-hydrogen) atoms. The number of benzene rings is 1. The second-order valence-corrected chi connectivity index (χ2v) is 4.88. The molecule has 0 saturated heterocycles. The summed E-state index contributed by atoms with van der Waals surface area (Å²) >= 11 is 13.1. The molecule has 1 aromatic heterocycles. The van der Waals surface area contributed by atoms with Crippen molar-refractivity contribution in [3.05, 3.63) is 34.3 Å². The summed E-state index contributed by atoms with van der Waals surface area (Å²) in [5, 5.41) is 1.43. The first-order chi connectivity index (χ1) is 8.58. The van der Waals surface area contributed by atoms with E-state index in [1.165, 1.54) is 11.8 Å². The summed E-state index contributed by atoms with van der Waals surface area (Å²) < 4.78 is 5.55. The van der Waals surface area contributed by atoms with Crippen LogP contribution in [-0.2, 0) is 0 Å². The Morgan fingerprint density at radius 1 is 1.17 bits per heavy atom. The maximum Gasteiger partial charge on any atom is 0.225 e. The third-order valence-electron chi connectivity index (χ3n) is 2.00. The van der Waals surface area contributed by atoms with E-state index in [0.717, 1.165) is 0 Å². The molecule has 0 aliphatic heterocycles. The minimum atomic E-state index is 0.351. The van der Waals surface area contributed by atoms with Crippen LogP contribution in [0.15, 0.2) is 29.4 Å². The van der Waals surface area contributed by atoms with Crippen LogP contribution >= 0.6 is 35.0 Å². The number of nitrogens with two attached hydrogens (primary N) is 1. The lowest BCUT2D eigenvalue weighted by Gasteiger charge is -2.07. The predicted octanol–water partition coefficient (Wildman–Crippen LogP) is 3.88. The van der Waals surface area contributed by atoms with Gasteiger partial charge in [-0.3, -0.25) is 0 Å². The zero-order valence-corrected chi connectivity index (χ0v) is 11.7. The van der Waals surface area contributed by atoms with Gasteiger partial charge in [-0.1, -0.05) is 35.0 Å². The molecule has 0 atom stereocenters. The molecule has 0 unspecified atom stereocenters. The fourth-order valence-electron chi connectivity index (χ4n) is 1.23. The average Bonchev–Trinajstić information content (AvgIpc) is 2.33. The molecule has 2 rings (SSSR count). The summed E-state index contributed by atoms with van der Waals surface area (Å²) in [6.07, 6.45) is 1.86. The molecule has 0 bridgehead atoms. The van der Waals surface area contributed by atoms with Gasteiger partial charge in [0.15, 0.2) is 5.16 Å². The van der Waals surface area contributed by atoms with Gasteiger partial charge in [0.2, 0.25) is 5.88 Å². The summed E-state index contributed by atoms with van der Waals surface area (Å²) in [7, 11) is 0. The Morgan fingerprint density at radius 3 is 2.61 bits per heavy atom.